The minimum atomic E-state index is -3.97. The Kier molecular flexibility index (Phi) is 6.31. The Morgan fingerprint density at radius 1 is 1.06 bits per heavy atom. The van der Waals surface area contributed by atoms with Crippen molar-refractivity contribution in [3.63, 3.8) is 0 Å². The lowest BCUT2D eigenvalue weighted by Gasteiger charge is -2.30. The summed E-state index contributed by atoms with van der Waals surface area (Å²) in [4.78, 5) is 21.6. The van der Waals surface area contributed by atoms with Crippen LogP contribution in [0.25, 0.3) is 20.4 Å². The molecule has 1 amide bonds. The van der Waals surface area contributed by atoms with Gasteiger partial charge in [-0.25, -0.2) is 27.2 Å². The van der Waals surface area contributed by atoms with Crippen molar-refractivity contribution in [2.75, 3.05) is 24.7 Å². The molecule has 0 spiro atoms. The number of piperidine rings is 1. The Bertz CT molecular complexity index is 1510. The van der Waals surface area contributed by atoms with E-state index in [1.165, 1.54) is 15.6 Å². The number of thiazole rings is 2. The first-order valence-corrected chi connectivity index (χ1v) is 14.6. The zero-order valence-electron chi connectivity index (χ0n) is 17.7. The van der Waals surface area contributed by atoms with Gasteiger partial charge >= 0.3 is 0 Å². The Morgan fingerprint density at radius 3 is 2.41 bits per heavy atom. The number of nitrogens with zero attached hydrogens (tertiary/aromatic N) is 3. The van der Waals surface area contributed by atoms with Gasteiger partial charge in [-0.05, 0) is 49.4 Å². The number of carbonyl (C=O) groups is 1. The first-order chi connectivity index (χ1) is 16.3. The molecule has 13 heteroatoms. The van der Waals surface area contributed by atoms with Crippen LogP contribution in [0.1, 0.15) is 12.8 Å². The van der Waals surface area contributed by atoms with E-state index in [-0.39, 0.29) is 29.8 Å². The van der Waals surface area contributed by atoms with E-state index in [0.29, 0.717) is 24.0 Å². The van der Waals surface area contributed by atoms with Crippen LogP contribution in [0.3, 0.4) is 0 Å². The third-order valence-corrected chi connectivity index (χ3v) is 10.8. The molecule has 1 aliphatic rings. The average molecular weight is 541 g/mol. The van der Waals surface area contributed by atoms with Crippen molar-refractivity contribution in [3.05, 3.63) is 42.0 Å². The highest BCUT2D eigenvalue weighted by molar-refractivity contribution is 8.00. The molecule has 2 aromatic carbocycles. The Balaban J connectivity index is 1.27. The molecule has 2 aromatic heterocycles. The molecule has 0 atom stereocenters. The number of fused-ring (bicyclic) bond motifs is 3. The second-order valence-electron chi connectivity index (χ2n) is 7.71. The largest absolute Gasteiger partial charge is 0.302 e. The summed E-state index contributed by atoms with van der Waals surface area (Å²) in [5, 5.41) is 3.36. The first kappa shape index (κ1) is 23.5. The van der Waals surface area contributed by atoms with Crippen LogP contribution in [0, 0.1) is 17.6 Å². The topological polar surface area (TPSA) is 92.3 Å². The van der Waals surface area contributed by atoms with Gasteiger partial charge in [-0.15, -0.1) is 11.3 Å². The maximum absolute atomic E-state index is 13.5. The predicted molar refractivity (Wildman–Crippen MR) is 131 cm³/mol. The number of benzene rings is 2. The van der Waals surface area contributed by atoms with Crippen LogP contribution in [0.2, 0.25) is 0 Å². The lowest BCUT2D eigenvalue weighted by atomic mass is 9.97. The first-order valence-electron chi connectivity index (χ1n) is 10.3. The molecule has 0 bridgehead atoms. The number of hydrogen-bond donors (Lipinski definition) is 1. The second-order valence-corrected chi connectivity index (χ2v) is 12.7. The molecule has 0 saturated carbocycles. The maximum atomic E-state index is 13.5. The number of amides is 1. The van der Waals surface area contributed by atoms with E-state index in [9.17, 15) is 22.0 Å². The summed E-state index contributed by atoms with van der Waals surface area (Å²) < 4.78 is 56.4. The number of anilines is 1. The zero-order chi connectivity index (χ0) is 24.0. The maximum Gasteiger partial charge on any atom is 0.243 e. The Morgan fingerprint density at radius 2 is 1.74 bits per heavy atom. The summed E-state index contributed by atoms with van der Waals surface area (Å²) in [7, 11) is -3.97. The monoisotopic (exact) mass is 540 g/mol. The molecule has 178 valence electrons. The van der Waals surface area contributed by atoms with Crippen molar-refractivity contribution in [3.8, 4) is 0 Å². The van der Waals surface area contributed by atoms with E-state index in [1.807, 2.05) is 18.4 Å². The van der Waals surface area contributed by atoms with Gasteiger partial charge in [-0.1, -0.05) is 23.1 Å². The van der Waals surface area contributed by atoms with Gasteiger partial charge in [0.15, 0.2) is 21.1 Å². The highest BCUT2D eigenvalue weighted by Gasteiger charge is 2.33. The molecule has 1 aliphatic heterocycles. The van der Waals surface area contributed by atoms with Crippen LogP contribution in [0.4, 0.5) is 13.9 Å². The number of halogens is 2. The predicted octanol–water partition coefficient (Wildman–Crippen LogP) is 4.95. The van der Waals surface area contributed by atoms with E-state index in [0.717, 1.165) is 36.9 Å². The van der Waals surface area contributed by atoms with Crippen molar-refractivity contribution in [1.82, 2.24) is 14.3 Å². The molecular weight excluding hydrogens is 523 g/mol. The van der Waals surface area contributed by atoms with Gasteiger partial charge in [0.05, 0.1) is 25.3 Å². The van der Waals surface area contributed by atoms with Gasteiger partial charge in [0.25, 0.3) is 0 Å². The van der Waals surface area contributed by atoms with Gasteiger partial charge in [-0.3, -0.25) is 4.79 Å². The molecule has 7 nitrogen and oxygen atoms in total. The van der Waals surface area contributed by atoms with Gasteiger partial charge in [0.1, 0.15) is 0 Å². The fraction of sp³-hybridized carbons (Fsp3) is 0.286. The van der Waals surface area contributed by atoms with Crippen LogP contribution in [-0.2, 0) is 14.8 Å². The van der Waals surface area contributed by atoms with Crippen LogP contribution in [0.5, 0.6) is 0 Å². The molecule has 0 aliphatic carbocycles. The fourth-order valence-electron chi connectivity index (χ4n) is 3.85. The number of hydrogen-bond acceptors (Lipinski definition) is 8. The standard InChI is InChI=1S/C21H18F2N4O3S4/c1-31-21-25-16-5-4-15-17(18(16)33-21)32-20(24-15)26-19(28)11-6-8-27(9-7-11)34(29,30)12-2-3-13(22)14(23)10-12/h2-5,10-11H,6-9H2,1H3,(H,24,26,28). The summed E-state index contributed by atoms with van der Waals surface area (Å²) in [6.45, 7) is 0.219. The minimum Gasteiger partial charge on any atom is -0.302 e. The quantitative estimate of drug-likeness (QED) is 0.361. The van der Waals surface area contributed by atoms with Crippen molar-refractivity contribution in [2.24, 2.45) is 5.92 Å². The summed E-state index contributed by atoms with van der Waals surface area (Å²) in [5.74, 6) is -2.92. The third-order valence-electron chi connectivity index (χ3n) is 5.65. The van der Waals surface area contributed by atoms with Crippen molar-refractivity contribution < 1.29 is 22.0 Å². The van der Waals surface area contributed by atoms with E-state index in [4.69, 9.17) is 0 Å². The SMILES string of the molecule is CSc1nc2ccc3nc(NC(=O)C4CCN(S(=O)(=O)c5ccc(F)c(F)c5)CC4)sc3c2s1. The molecule has 5 rings (SSSR count). The summed E-state index contributed by atoms with van der Waals surface area (Å²) in [6.07, 6.45) is 2.60. The van der Waals surface area contributed by atoms with E-state index >= 15 is 0 Å². The molecular formula is C21H18F2N4O3S4. The molecule has 0 unspecified atom stereocenters. The zero-order valence-corrected chi connectivity index (χ0v) is 21.0. The third kappa shape index (κ3) is 4.31. The number of thioether (sulfide) groups is 1. The highest BCUT2D eigenvalue weighted by atomic mass is 32.2. The Hall–Kier alpha value is -2.19. The number of nitrogens with one attached hydrogen (secondary N) is 1. The van der Waals surface area contributed by atoms with Crippen molar-refractivity contribution in [2.45, 2.75) is 22.1 Å². The van der Waals surface area contributed by atoms with Crippen molar-refractivity contribution in [1.29, 1.82) is 0 Å². The van der Waals surface area contributed by atoms with E-state index in [2.05, 4.69) is 15.3 Å². The smallest absolute Gasteiger partial charge is 0.243 e. The van der Waals surface area contributed by atoms with Gasteiger partial charge in [0, 0.05) is 19.0 Å². The lowest BCUT2D eigenvalue weighted by Crippen LogP contribution is -2.41. The fourth-order valence-corrected chi connectivity index (χ4v) is 7.99. The van der Waals surface area contributed by atoms with Gasteiger partial charge in [0.2, 0.25) is 15.9 Å². The van der Waals surface area contributed by atoms with Crippen LogP contribution >= 0.6 is 34.4 Å². The summed E-state index contributed by atoms with van der Waals surface area (Å²) >= 11 is 4.57. The normalized spacial score (nSPS) is 15.9. The molecule has 0 radical (unpaired) electrons. The van der Waals surface area contributed by atoms with Crippen LogP contribution in [0.15, 0.2) is 39.6 Å². The molecule has 1 fully saturated rings. The van der Waals surface area contributed by atoms with Gasteiger partial charge < -0.3 is 5.32 Å². The van der Waals surface area contributed by atoms with E-state index in [1.54, 1.807) is 23.1 Å². The molecule has 4 aromatic rings. The summed E-state index contributed by atoms with van der Waals surface area (Å²) in [6, 6.07) is 6.32. The Labute approximate surface area is 206 Å². The van der Waals surface area contributed by atoms with Crippen molar-refractivity contribution >= 4 is 75.9 Å². The average Bonchev–Trinajstić information content (AvgIpc) is 3.44. The number of carbonyl (C=O) groups excluding carboxylic acids is 1. The minimum absolute atomic E-state index is 0.109. The van der Waals surface area contributed by atoms with E-state index < -0.39 is 21.7 Å². The molecule has 3 heterocycles. The molecule has 34 heavy (non-hydrogen) atoms. The highest BCUT2D eigenvalue weighted by Crippen LogP contribution is 2.38. The second kappa shape index (κ2) is 9.11. The number of rotatable bonds is 5. The van der Waals surface area contributed by atoms with Crippen LogP contribution in [-0.4, -0.2) is 47.9 Å². The molecule has 1 saturated heterocycles. The van der Waals surface area contributed by atoms with Gasteiger partial charge in [-0.2, -0.15) is 4.31 Å². The summed E-state index contributed by atoms with van der Waals surface area (Å²) in [5.41, 5.74) is 1.69. The molecule has 1 N–H and O–H groups in total. The lowest BCUT2D eigenvalue weighted by molar-refractivity contribution is -0.120. The van der Waals surface area contributed by atoms with Crippen LogP contribution < -0.4 is 5.32 Å². The number of sulfonamides is 1. The number of aromatic nitrogens is 2.